The van der Waals surface area contributed by atoms with Crippen LogP contribution in [0.3, 0.4) is 0 Å². The molecule has 234 valence electrons. The first-order valence-electron chi connectivity index (χ1n) is 14.6. The van der Waals surface area contributed by atoms with Gasteiger partial charge < -0.3 is 29.2 Å². The Balaban J connectivity index is 2.00. The standard InChI is InChI=1S/C29H46N6O6S/c1-6-9-24-26-27(34(4)32-24)29(37)31-28(30-26)23-21-22(10-8-11-25(23)41-17-7-2)42(38)35(15-19-40-20-16-36)13-12-33(3)14-18-39-5/h10-11,21,36H,6-9,12-20H2,1-5H3,(H,30,31,37). The Morgan fingerprint density at radius 1 is 1.10 bits per heavy atom. The van der Waals surface area contributed by atoms with Crippen LogP contribution in [0.25, 0.3) is 16.6 Å². The number of nitrogens with one attached hydrogen (secondary N) is 1. The molecule has 42 heavy (non-hydrogen) atoms. The van der Waals surface area contributed by atoms with Gasteiger partial charge in [0, 0.05) is 40.3 Å². The number of H-pyrrole nitrogens is 1. The minimum atomic E-state index is -1.54. The fourth-order valence-electron chi connectivity index (χ4n) is 4.50. The molecule has 0 spiro atoms. The number of allylic oxidation sites excluding steroid dienone is 4. The number of aliphatic hydroxyl groups is 1. The van der Waals surface area contributed by atoms with Crippen molar-refractivity contribution in [3.05, 3.63) is 50.8 Å². The van der Waals surface area contributed by atoms with E-state index in [2.05, 4.69) is 21.9 Å². The fourth-order valence-corrected chi connectivity index (χ4v) is 5.74. The molecule has 1 unspecified atom stereocenters. The zero-order valence-electron chi connectivity index (χ0n) is 25.6. The van der Waals surface area contributed by atoms with Crippen LogP contribution in [0.1, 0.15) is 44.6 Å². The van der Waals surface area contributed by atoms with Gasteiger partial charge in [-0.2, -0.15) is 5.10 Å². The van der Waals surface area contributed by atoms with Gasteiger partial charge in [-0.15, -0.1) is 0 Å². The van der Waals surface area contributed by atoms with Gasteiger partial charge in [0.15, 0.2) is 5.52 Å². The van der Waals surface area contributed by atoms with Crippen LogP contribution in [0.4, 0.5) is 0 Å². The van der Waals surface area contributed by atoms with Crippen molar-refractivity contribution in [2.75, 3.05) is 73.4 Å². The number of rotatable bonds is 19. The van der Waals surface area contributed by atoms with Crippen LogP contribution in [-0.4, -0.2) is 112 Å². The number of likely N-dealkylation sites (N-methyl/N-ethyl adjacent to an activating group) is 1. The molecule has 1 aliphatic carbocycles. The van der Waals surface area contributed by atoms with Crippen molar-refractivity contribution in [2.24, 2.45) is 7.05 Å². The van der Waals surface area contributed by atoms with Crippen LogP contribution in [0.15, 0.2) is 33.7 Å². The van der Waals surface area contributed by atoms with Crippen molar-refractivity contribution >= 4 is 27.6 Å². The van der Waals surface area contributed by atoms with E-state index in [-0.39, 0.29) is 18.8 Å². The number of aliphatic hydroxyl groups excluding tert-OH is 1. The summed E-state index contributed by atoms with van der Waals surface area (Å²) in [5.74, 6) is 0.933. The van der Waals surface area contributed by atoms with Crippen LogP contribution in [0, 0.1) is 0 Å². The summed E-state index contributed by atoms with van der Waals surface area (Å²) in [6.07, 6.45) is 8.53. The Labute approximate surface area is 250 Å². The quantitative estimate of drug-likeness (QED) is 0.231. The molecular formula is C29H46N6O6S. The average Bonchev–Trinajstić information content (AvgIpc) is 3.15. The normalized spacial score (nSPS) is 14.7. The minimum Gasteiger partial charge on any atom is -0.493 e. The molecule has 2 aromatic rings. The predicted molar refractivity (Wildman–Crippen MR) is 165 cm³/mol. The van der Waals surface area contributed by atoms with E-state index in [4.69, 9.17) is 24.3 Å². The first-order valence-corrected chi connectivity index (χ1v) is 15.7. The average molecular weight is 607 g/mol. The number of fused-ring (bicyclic) bond motifs is 1. The maximum atomic E-state index is 14.1. The summed E-state index contributed by atoms with van der Waals surface area (Å²) in [4.78, 5) is 23.7. The molecule has 2 aromatic heterocycles. The third-order valence-electron chi connectivity index (χ3n) is 6.71. The number of aryl methyl sites for hydroxylation is 2. The molecule has 2 N–H and O–H groups in total. The fraction of sp³-hybridized carbons (Fsp3) is 0.621. The second-order valence-corrected chi connectivity index (χ2v) is 11.5. The number of aromatic amines is 1. The van der Waals surface area contributed by atoms with E-state index in [0.29, 0.717) is 85.4 Å². The lowest BCUT2D eigenvalue weighted by atomic mass is 10.1. The van der Waals surface area contributed by atoms with Crippen LogP contribution in [-0.2, 0) is 38.7 Å². The van der Waals surface area contributed by atoms with Crippen molar-refractivity contribution < 1.29 is 23.5 Å². The second kappa shape index (κ2) is 17.4. The molecule has 0 fully saturated rings. The number of aromatic nitrogens is 4. The molecule has 0 radical (unpaired) electrons. The number of hydrogen-bond acceptors (Lipinski definition) is 9. The molecule has 0 aromatic carbocycles. The maximum Gasteiger partial charge on any atom is 0.277 e. The van der Waals surface area contributed by atoms with Gasteiger partial charge in [0.25, 0.3) is 5.56 Å². The number of methoxy groups -OCH3 is 1. The first kappa shape index (κ1) is 33.8. The molecule has 0 amide bonds. The van der Waals surface area contributed by atoms with Crippen molar-refractivity contribution in [3.63, 3.8) is 0 Å². The van der Waals surface area contributed by atoms with Gasteiger partial charge >= 0.3 is 0 Å². The van der Waals surface area contributed by atoms with E-state index in [1.807, 2.05) is 30.4 Å². The van der Waals surface area contributed by atoms with Crippen molar-refractivity contribution in [1.82, 2.24) is 29.0 Å². The Hall–Kier alpha value is -2.68. The lowest BCUT2D eigenvalue weighted by molar-refractivity contribution is 0.0848. The molecule has 0 aliphatic heterocycles. The zero-order chi connectivity index (χ0) is 30.5. The topological polar surface area (TPSA) is 135 Å². The van der Waals surface area contributed by atoms with E-state index >= 15 is 0 Å². The summed E-state index contributed by atoms with van der Waals surface area (Å²) >= 11 is 0. The number of hydrogen-bond donors (Lipinski definition) is 2. The molecular weight excluding hydrogens is 560 g/mol. The van der Waals surface area contributed by atoms with E-state index in [1.54, 1.807) is 24.9 Å². The highest BCUT2D eigenvalue weighted by Gasteiger charge is 2.24. The summed E-state index contributed by atoms with van der Waals surface area (Å²) in [5.41, 5.74) is 2.02. The van der Waals surface area contributed by atoms with Gasteiger partial charge in [0.05, 0.1) is 49.2 Å². The van der Waals surface area contributed by atoms with Crippen molar-refractivity contribution in [2.45, 2.75) is 39.5 Å². The molecule has 1 aliphatic rings. The van der Waals surface area contributed by atoms with Crippen LogP contribution >= 0.6 is 0 Å². The van der Waals surface area contributed by atoms with Crippen LogP contribution < -0.4 is 5.56 Å². The molecule has 13 heteroatoms. The lowest BCUT2D eigenvalue weighted by Crippen LogP contribution is -2.38. The smallest absolute Gasteiger partial charge is 0.277 e. The molecule has 0 saturated carbocycles. The lowest BCUT2D eigenvalue weighted by Gasteiger charge is -2.25. The maximum absolute atomic E-state index is 14.1. The number of ether oxygens (including phenoxy) is 3. The Kier molecular flexibility index (Phi) is 14.0. The monoisotopic (exact) mass is 606 g/mol. The summed E-state index contributed by atoms with van der Waals surface area (Å²) in [7, 11) is 3.87. The summed E-state index contributed by atoms with van der Waals surface area (Å²) < 4.78 is 34.3. The highest BCUT2D eigenvalue weighted by Crippen LogP contribution is 2.29. The first-order chi connectivity index (χ1) is 20.3. The van der Waals surface area contributed by atoms with E-state index < -0.39 is 11.0 Å². The zero-order valence-corrected chi connectivity index (χ0v) is 26.4. The summed E-state index contributed by atoms with van der Waals surface area (Å²) in [5, 5.41) is 13.6. The van der Waals surface area contributed by atoms with Gasteiger partial charge in [-0.05, 0) is 38.5 Å². The van der Waals surface area contributed by atoms with Gasteiger partial charge in [0.2, 0.25) is 0 Å². The summed E-state index contributed by atoms with van der Waals surface area (Å²) in [6, 6.07) is 0. The minimum absolute atomic E-state index is 0.0707. The predicted octanol–water partition coefficient (Wildman–Crippen LogP) is 2.14. The van der Waals surface area contributed by atoms with Crippen molar-refractivity contribution in [1.29, 1.82) is 0 Å². The Morgan fingerprint density at radius 3 is 2.62 bits per heavy atom. The Morgan fingerprint density at radius 2 is 1.90 bits per heavy atom. The van der Waals surface area contributed by atoms with Gasteiger partial charge in [-0.3, -0.25) is 9.48 Å². The number of nitrogens with zero attached hydrogens (tertiary/aromatic N) is 5. The molecule has 0 saturated heterocycles. The van der Waals surface area contributed by atoms with Gasteiger partial charge in [-0.1, -0.05) is 26.3 Å². The molecule has 0 bridgehead atoms. The highest BCUT2D eigenvalue weighted by atomic mass is 32.2. The molecule has 12 nitrogen and oxygen atoms in total. The van der Waals surface area contributed by atoms with Crippen LogP contribution in [0.5, 0.6) is 0 Å². The second-order valence-electron chi connectivity index (χ2n) is 10.1. The Bertz CT molecular complexity index is 1330. The third kappa shape index (κ3) is 9.16. The van der Waals surface area contributed by atoms with E-state index in [1.165, 1.54) is 0 Å². The summed E-state index contributed by atoms with van der Waals surface area (Å²) in [6.45, 7) is 8.03. The van der Waals surface area contributed by atoms with Gasteiger partial charge in [-0.25, -0.2) is 13.5 Å². The highest BCUT2D eigenvalue weighted by molar-refractivity contribution is 7.86. The van der Waals surface area contributed by atoms with Crippen molar-refractivity contribution in [3.8, 4) is 0 Å². The molecule has 3 rings (SSSR count). The van der Waals surface area contributed by atoms with Crippen LogP contribution in [0.2, 0.25) is 0 Å². The molecule has 2 heterocycles. The van der Waals surface area contributed by atoms with E-state index in [0.717, 1.165) is 25.1 Å². The van der Waals surface area contributed by atoms with Gasteiger partial charge in [0.1, 0.15) is 28.1 Å². The molecule has 1 atom stereocenters. The SMILES string of the molecule is CCCOC1=CCC=C(S(=O)N(CCOCCO)CCN(C)CCOC)C=C1c1nc2c(CCC)nn(C)c2c(=O)[nH]1. The van der Waals surface area contributed by atoms with E-state index in [9.17, 15) is 9.00 Å². The third-order valence-corrected chi connectivity index (χ3v) is 8.23. The largest absolute Gasteiger partial charge is 0.493 e.